The van der Waals surface area contributed by atoms with Gasteiger partial charge in [0.05, 0.1) is 12.2 Å². The van der Waals surface area contributed by atoms with Crippen LogP contribution in [0.5, 0.6) is 0 Å². The normalized spacial score (nSPS) is 11.9. The highest BCUT2D eigenvalue weighted by Gasteiger charge is 1.99. The molecule has 2 heterocycles. The number of hydrogen-bond acceptors (Lipinski definition) is 2. The van der Waals surface area contributed by atoms with Crippen LogP contribution in [0.4, 0.5) is 0 Å². The lowest BCUT2D eigenvalue weighted by atomic mass is 10.5. The Balaban J connectivity index is 2.03. The molecule has 0 bridgehead atoms. The molecular formula is C12H17N5. The molecule has 5 nitrogen and oxygen atoms in total. The molecule has 2 rings (SSSR count). The monoisotopic (exact) mass is 231 g/mol. The third kappa shape index (κ3) is 2.96. The van der Waals surface area contributed by atoms with Gasteiger partial charge in [0.25, 0.3) is 0 Å². The summed E-state index contributed by atoms with van der Waals surface area (Å²) in [5.41, 5.74) is 7.55. The number of rotatable bonds is 4. The second-order valence-electron chi connectivity index (χ2n) is 3.83. The third-order valence-corrected chi connectivity index (χ3v) is 2.38. The predicted octanol–water partition coefficient (Wildman–Crippen LogP) is 1.15. The summed E-state index contributed by atoms with van der Waals surface area (Å²) in [5, 5.41) is 3.03. The van der Waals surface area contributed by atoms with Crippen LogP contribution in [-0.2, 0) is 6.54 Å². The Bertz CT molecular complexity index is 481. The number of guanidine groups is 1. The van der Waals surface area contributed by atoms with E-state index in [1.54, 1.807) is 0 Å². The van der Waals surface area contributed by atoms with Crippen molar-refractivity contribution in [1.29, 1.82) is 0 Å². The number of nitrogens with one attached hydrogen (secondary N) is 1. The molecule has 0 aliphatic heterocycles. The standard InChI is InChI=1S/C12H17N5/c1-2-6-14-12(13)15-8-10-9-17-7-4-3-5-11(17)16-10/h3-5,7,9H,2,6,8H2,1H3,(H3,13,14,15). The lowest BCUT2D eigenvalue weighted by Crippen LogP contribution is -2.32. The smallest absolute Gasteiger partial charge is 0.188 e. The van der Waals surface area contributed by atoms with Gasteiger partial charge in [0, 0.05) is 18.9 Å². The van der Waals surface area contributed by atoms with Crippen LogP contribution >= 0.6 is 0 Å². The minimum Gasteiger partial charge on any atom is -0.370 e. The maximum absolute atomic E-state index is 5.71. The first kappa shape index (κ1) is 11.4. The molecule has 17 heavy (non-hydrogen) atoms. The summed E-state index contributed by atoms with van der Waals surface area (Å²) >= 11 is 0. The zero-order valence-electron chi connectivity index (χ0n) is 9.93. The van der Waals surface area contributed by atoms with Crippen molar-refractivity contribution in [3.05, 3.63) is 36.3 Å². The van der Waals surface area contributed by atoms with E-state index >= 15 is 0 Å². The Morgan fingerprint density at radius 1 is 1.53 bits per heavy atom. The van der Waals surface area contributed by atoms with Crippen molar-refractivity contribution in [1.82, 2.24) is 14.7 Å². The summed E-state index contributed by atoms with van der Waals surface area (Å²) in [5.74, 6) is 0.476. The summed E-state index contributed by atoms with van der Waals surface area (Å²) in [6, 6.07) is 5.90. The topological polar surface area (TPSA) is 67.7 Å². The van der Waals surface area contributed by atoms with E-state index in [1.165, 1.54) is 0 Å². The summed E-state index contributed by atoms with van der Waals surface area (Å²) < 4.78 is 1.97. The molecule has 0 spiro atoms. The first-order chi connectivity index (χ1) is 8.29. The lowest BCUT2D eigenvalue weighted by Gasteiger charge is -2.01. The van der Waals surface area contributed by atoms with Crippen molar-refractivity contribution in [2.24, 2.45) is 10.7 Å². The maximum atomic E-state index is 5.71. The summed E-state index contributed by atoms with van der Waals surface area (Å²) in [6.45, 7) is 3.44. The summed E-state index contributed by atoms with van der Waals surface area (Å²) in [6.07, 6.45) is 4.96. The van der Waals surface area contributed by atoms with Crippen LogP contribution in [0.15, 0.2) is 35.6 Å². The minimum absolute atomic E-state index is 0.476. The van der Waals surface area contributed by atoms with Gasteiger partial charge in [-0.2, -0.15) is 0 Å². The number of nitrogens with two attached hydrogens (primary N) is 1. The van der Waals surface area contributed by atoms with Crippen molar-refractivity contribution >= 4 is 11.6 Å². The van der Waals surface area contributed by atoms with Crippen molar-refractivity contribution < 1.29 is 0 Å². The van der Waals surface area contributed by atoms with Gasteiger partial charge in [-0.15, -0.1) is 0 Å². The number of fused-ring (bicyclic) bond motifs is 1. The van der Waals surface area contributed by atoms with E-state index in [9.17, 15) is 0 Å². The summed E-state index contributed by atoms with van der Waals surface area (Å²) in [4.78, 5) is 8.67. The molecule has 0 aromatic carbocycles. The minimum atomic E-state index is 0.476. The zero-order chi connectivity index (χ0) is 12.1. The molecular weight excluding hydrogens is 214 g/mol. The largest absolute Gasteiger partial charge is 0.370 e. The van der Waals surface area contributed by atoms with Gasteiger partial charge in [-0.3, -0.25) is 0 Å². The molecule has 2 aromatic heterocycles. The van der Waals surface area contributed by atoms with Crippen molar-refractivity contribution in [3.63, 3.8) is 0 Å². The molecule has 2 aromatic rings. The van der Waals surface area contributed by atoms with E-state index in [4.69, 9.17) is 5.73 Å². The van der Waals surface area contributed by atoms with Gasteiger partial charge in [-0.05, 0) is 18.6 Å². The van der Waals surface area contributed by atoms with Crippen LogP contribution in [0.2, 0.25) is 0 Å². The molecule has 0 radical (unpaired) electrons. The molecule has 0 saturated heterocycles. The number of aromatic nitrogens is 2. The van der Waals surface area contributed by atoms with E-state index < -0.39 is 0 Å². The number of hydrogen-bond donors (Lipinski definition) is 2. The first-order valence-corrected chi connectivity index (χ1v) is 5.76. The van der Waals surface area contributed by atoms with Gasteiger partial charge in [0.1, 0.15) is 5.65 Å². The Morgan fingerprint density at radius 2 is 2.41 bits per heavy atom. The average Bonchev–Trinajstić information content (AvgIpc) is 2.76. The molecule has 0 fully saturated rings. The van der Waals surface area contributed by atoms with Crippen LogP contribution in [0.3, 0.4) is 0 Å². The average molecular weight is 231 g/mol. The molecule has 90 valence electrons. The van der Waals surface area contributed by atoms with E-state index in [0.717, 1.165) is 24.3 Å². The Hall–Kier alpha value is -2.04. The Morgan fingerprint density at radius 3 is 3.18 bits per heavy atom. The van der Waals surface area contributed by atoms with Crippen molar-refractivity contribution in [2.45, 2.75) is 19.9 Å². The van der Waals surface area contributed by atoms with Crippen LogP contribution in [-0.4, -0.2) is 21.9 Å². The fourth-order valence-electron chi connectivity index (χ4n) is 1.54. The molecule has 0 amide bonds. The fraction of sp³-hybridized carbons (Fsp3) is 0.333. The van der Waals surface area contributed by atoms with Crippen LogP contribution in [0.1, 0.15) is 19.0 Å². The highest BCUT2D eigenvalue weighted by molar-refractivity contribution is 5.77. The van der Waals surface area contributed by atoms with Crippen LogP contribution in [0, 0.1) is 0 Å². The maximum Gasteiger partial charge on any atom is 0.188 e. The van der Waals surface area contributed by atoms with Crippen LogP contribution in [0.25, 0.3) is 5.65 Å². The van der Waals surface area contributed by atoms with Gasteiger partial charge in [0.15, 0.2) is 5.96 Å². The van der Waals surface area contributed by atoms with E-state index in [-0.39, 0.29) is 0 Å². The SMILES string of the molecule is CCCNC(N)=NCc1cn2ccccc2n1. The summed E-state index contributed by atoms with van der Waals surface area (Å²) in [7, 11) is 0. The predicted molar refractivity (Wildman–Crippen MR) is 68.8 cm³/mol. The van der Waals surface area contributed by atoms with Crippen molar-refractivity contribution in [3.8, 4) is 0 Å². The molecule has 0 atom stereocenters. The Kier molecular flexibility index (Phi) is 3.59. The molecule has 0 unspecified atom stereocenters. The van der Waals surface area contributed by atoms with Gasteiger partial charge in [0.2, 0.25) is 0 Å². The van der Waals surface area contributed by atoms with Crippen LogP contribution < -0.4 is 11.1 Å². The second kappa shape index (κ2) is 5.34. The Labute approximate surface area is 100 Å². The molecule has 0 aliphatic carbocycles. The molecule has 0 saturated carbocycles. The van der Waals surface area contributed by atoms with Gasteiger partial charge >= 0.3 is 0 Å². The lowest BCUT2D eigenvalue weighted by molar-refractivity contribution is 0.824. The quantitative estimate of drug-likeness (QED) is 0.612. The molecule has 3 N–H and O–H groups in total. The van der Waals surface area contributed by atoms with Gasteiger partial charge in [-0.1, -0.05) is 13.0 Å². The highest BCUT2D eigenvalue weighted by atomic mass is 15.1. The van der Waals surface area contributed by atoms with Gasteiger partial charge in [-0.25, -0.2) is 9.98 Å². The number of nitrogens with zero attached hydrogens (tertiary/aromatic N) is 3. The fourth-order valence-corrected chi connectivity index (χ4v) is 1.54. The van der Waals surface area contributed by atoms with E-state index in [2.05, 4.69) is 22.2 Å². The number of aliphatic imine (C=N–C) groups is 1. The number of pyridine rings is 1. The first-order valence-electron chi connectivity index (χ1n) is 5.76. The second-order valence-corrected chi connectivity index (χ2v) is 3.83. The van der Waals surface area contributed by atoms with Crippen molar-refractivity contribution in [2.75, 3.05) is 6.54 Å². The van der Waals surface area contributed by atoms with E-state index in [0.29, 0.717) is 12.5 Å². The molecule has 5 heteroatoms. The zero-order valence-corrected chi connectivity index (χ0v) is 9.93. The van der Waals surface area contributed by atoms with E-state index in [1.807, 2.05) is 35.0 Å². The highest BCUT2D eigenvalue weighted by Crippen LogP contribution is 2.05. The molecule has 0 aliphatic rings. The van der Waals surface area contributed by atoms with Gasteiger partial charge < -0.3 is 15.5 Å². The number of imidazole rings is 1. The third-order valence-electron chi connectivity index (χ3n) is 2.38.